The number of benzene rings is 2. The highest BCUT2D eigenvalue weighted by molar-refractivity contribution is 8.18. The van der Waals surface area contributed by atoms with Gasteiger partial charge in [0.1, 0.15) is 11.4 Å². The van der Waals surface area contributed by atoms with Gasteiger partial charge in [0.2, 0.25) is 0 Å². The zero-order valence-electron chi connectivity index (χ0n) is 14.7. The van der Waals surface area contributed by atoms with Crippen LogP contribution in [0.25, 0.3) is 6.08 Å². The van der Waals surface area contributed by atoms with Crippen molar-refractivity contribution in [2.24, 2.45) is 10.2 Å². The van der Waals surface area contributed by atoms with E-state index < -0.39 is 0 Å². The first-order chi connectivity index (χ1) is 13.7. The molecular formula is C21H15N3O3S. The summed E-state index contributed by atoms with van der Waals surface area (Å²) in [5.74, 6) is 0.533. The van der Waals surface area contributed by atoms with Crippen LogP contribution in [0.4, 0.5) is 11.4 Å². The topological polar surface area (TPSA) is 75.2 Å². The highest BCUT2D eigenvalue weighted by Gasteiger charge is 2.34. The molecule has 1 aliphatic heterocycles. The molecule has 0 atom stereocenters. The standard InChI is InChI=1S/C21H15N3O3S/c25-20-19(13-15-8-10-17(23-26)11-9-15)28-21(22-16-5-2-1-3-6-16)24(20)14-18-7-4-12-27-18/h1-13H,14H2/b19-13-,22-21-. The van der Waals surface area contributed by atoms with E-state index in [1.807, 2.05) is 36.4 Å². The van der Waals surface area contributed by atoms with Gasteiger partial charge in [-0.15, -0.1) is 4.91 Å². The molecule has 2 aromatic carbocycles. The summed E-state index contributed by atoms with van der Waals surface area (Å²) < 4.78 is 5.40. The van der Waals surface area contributed by atoms with Gasteiger partial charge in [-0.25, -0.2) is 4.99 Å². The maximum Gasteiger partial charge on any atom is 0.267 e. The summed E-state index contributed by atoms with van der Waals surface area (Å²) >= 11 is 1.31. The zero-order valence-corrected chi connectivity index (χ0v) is 15.5. The highest BCUT2D eigenvalue weighted by atomic mass is 32.2. The van der Waals surface area contributed by atoms with Crippen molar-refractivity contribution in [2.45, 2.75) is 6.54 Å². The fourth-order valence-electron chi connectivity index (χ4n) is 2.68. The van der Waals surface area contributed by atoms with Crippen LogP contribution in [0, 0.1) is 4.91 Å². The smallest absolute Gasteiger partial charge is 0.267 e. The molecule has 1 aliphatic rings. The average molecular weight is 389 g/mol. The largest absolute Gasteiger partial charge is 0.467 e. The lowest BCUT2D eigenvalue weighted by Crippen LogP contribution is -2.28. The predicted molar refractivity (Wildman–Crippen MR) is 110 cm³/mol. The molecule has 6 nitrogen and oxygen atoms in total. The van der Waals surface area contributed by atoms with Crippen molar-refractivity contribution in [3.8, 4) is 0 Å². The van der Waals surface area contributed by atoms with E-state index >= 15 is 0 Å². The number of furan rings is 1. The summed E-state index contributed by atoms with van der Waals surface area (Å²) in [6.45, 7) is 0.301. The summed E-state index contributed by atoms with van der Waals surface area (Å²) in [7, 11) is 0. The van der Waals surface area contributed by atoms with E-state index in [1.54, 1.807) is 47.6 Å². The minimum atomic E-state index is -0.145. The van der Waals surface area contributed by atoms with Gasteiger partial charge < -0.3 is 4.42 Å². The zero-order chi connectivity index (χ0) is 19.3. The van der Waals surface area contributed by atoms with Gasteiger partial charge in [0.05, 0.1) is 23.4 Å². The van der Waals surface area contributed by atoms with Crippen LogP contribution in [0.1, 0.15) is 11.3 Å². The van der Waals surface area contributed by atoms with Gasteiger partial charge in [-0.2, -0.15) is 0 Å². The van der Waals surface area contributed by atoms with Crippen LogP contribution in [0.3, 0.4) is 0 Å². The Hall–Kier alpha value is -3.45. The Morgan fingerprint density at radius 2 is 1.75 bits per heavy atom. The molecule has 1 aromatic heterocycles. The summed E-state index contributed by atoms with van der Waals surface area (Å²) in [5.41, 5.74) is 1.92. The molecule has 0 spiro atoms. The van der Waals surface area contributed by atoms with E-state index in [1.165, 1.54) is 11.8 Å². The summed E-state index contributed by atoms with van der Waals surface area (Å²) in [5, 5.41) is 3.48. The molecule has 138 valence electrons. The molecule has 0 unspecified atom stereocenters. The van der Waals surface area contributed by atoms with Crippen LogP contribution in [0.2, 0.25) is 0 Å². The number of aliphatic imine (C=N–C) groups is 1. The molecule has 0 bridgehead atoms. The van der Waals surface area contributed by atoms with Crippen molar-refractivity contribution < 1.29 is 9.21 Å². The van der Waals surface area contributed by atoms with Gasteiger partial charge >= 0.3 is 0 Å². The number of nitrogens with zero attached hydrogens (tertiary/aromatic N) is 3. The lowest BCUT2D eigenvalue weighted by Gasteiger charge is -2.13. The molecule has 0 aliphatic carbocycles. The van der Waals surface area contributed by atoms with Crippen LogP contribution in [-0.4, -0.2) is 16.0 Å². The lowest BCUT2D eigenvalue weighted by molar-refractivity contribution is -0.122. The molecule has 3 aromatic rings. The third-order valence-electron chi connectivity index (χ3n) is 4.06. The number of carbonyl (C=O) groups excluding carboxylic acids is 1. The van der Waals surface area contributed by atoms with E-state index in [2.05, 4.69) is 10.2 Å². The van der Waals surface area contributed by atoms with E-state index in [4.69, 9.17) is 4.42 Å². The molecule has 28 heavy (non-hydrogen) atoms. The summed E-state index contributed by atoms with van der Waals surface area (Å²) in [6.07, 6.45) is 3.36. The number of rotatable bonds is 5. The third-order valence-corrected chi connectivity index (χ3v) is 5.07. The van der Waals surface area contributed by atoms with E-state index in [0.717, 1.165) is 11.3 Å². The molecule has 0 radical (unpaired) electrons. The Morgan fingerprint density at radius 3 is 2.43 bits per heavy atom. The molecule has 0 N–H and O–H groups in total. The Kier molecular flexibility index (Phi) is 5.16. The Morgan fingerprint density at radius 1 is 0.964 bits per heavy atom. The van der Waals surface area contributed by atoms with Crippen LogP contribution in [0.15, 0.2) is 92.5 Å². The van der Waals surface area contributed by atoms with Crippen molar-refractivity contribution in [1.29, 1.82) is 0 Å². The second-order valence-electron chi connectivity index (χ2n) is 5.99. The monoisotopic (exact) mass is 389 g/mol. The first kappa shape index (κ1) is 17.9. The lowest BCUT2D eigenvalue weighted by atomic mass is 10.2. The van der Waals surface area contributed by atoms with Crippen LogP contribution < -0.4 is 0 Å². The minimum absolute atomic E-state index is 0.145. The number of para-hydroxylation sites is 1. The van der Waals surface area contributed by atoms with Crippen molar-refractivity contribution >= 4 is 40.3 Å². The SMILES string of the molecule is O=Nc1ccc(/C=C2\S/C(=N\c3ccccc3)N(Cc3ccco3)C2=O)cc1. The average Bonchev–Trinajstić information content (AvgIpc) is 3.34. The summed E-state index contributed by atoms with van der Waals surface area (Å²) in [4.78, 5) is 30.4. The van der Waals surface area contributed by atoms with E-state index in [-0.39, 0.29) is 5.91 Å². The fourth-order valence-corrected chi connectivity index (χ4v) is 3.68. The maximum absolute atomic E-state index is 13.0. The number of amidine groups is 1. The molecule has 2 heterocycles. The Balaban J connectivity index is 1.67. The Bertz CT molecular complexity index is 1040. The van der Waals surface area contributed by atoms with Gasteiger partial charge in [0, 0.05) is 0 Å². The van der Waals surface area contributed by atoms with Gasteiger partial charge in [-0.05, 0) is 65.0 Å². The van der Waals surface area contributed by atoms with Crippen molar-refractivity contribution in [1.82, 2.24) is 4.90 Å². The fraction of sp³-hybridized carbons (Fsp3) is 0.0476. The first-order valence-electron chi connectivity index (χ1n) is 8.54. The first-order valence-corrected chi connectivity index (χ1v) is 9.35. The number of carbonyl (C=O) groups is 1. The van der Waals surface area contributed by atoms with Crippen LogP contribution in [-0.2, 0) is 11.3 Å². The molecule has 1 amide bonds. The quantitative estimate of drug-likeness (QED) is 0.428. The predicted octanol–water partition coefficient (Wildman–Crippen LogP) is 5.48. The molecular weight excluding hydrogens is 374 g/mol. The van der Waals surface area contributed by atoms with E-state index in [0.29, 0.717) is 28.1 Å². The number of nitroso groups, excluding NO2 is 1. The number of hydrogen-bond donors (Lipinski definition) is 0. The molecule has 1 saturated heterocycles. The highest BCUT2D eigenvalue weighted by Crippen LogP contribution is 2.35. The number of amides is 1. The second-order valence-corrected chi connectivity index (χ2v) is 7.00. The molecule has 7 heteroatoms. The molecule has 1 fully saturated rings. The van der Waals surface area contributed by atoms with Gasteiger partial charge in [-0.3, -0.25) is 9.69 Å². The number of thioether (sulfide) groups is 1. The maximum atomic E-state index is 13.0. The molecule has 0 saturated carbocycles. The minimum Gasteiger partial charge on any atom is -0.467 e. The van der Waals surface area contributed by atoms with Gasteiger partial charge in [-0.1, -0.05) is 30.3 Å². The van der Waals surface area contributed by atoms with Crippen LogP contribution in [0.5, 0.6) is 0 Å². The summed E-state index contributed by atoms with van der Waals surface area (Å²) in [6, 6.07) is 19.8. The van der Waals surface area contributed by atoms with Crippen LogP contribution >= 0.6 is 11.8 Å². The normalized spacial score (nSPS) is 16.9. The number of hydrogen-bond acceptors (Lipinski definition) is 6. The van der Waals surface area contributed by atoms with Crippen molar-refractivity contribution in [3.63, 3.8) is 0 Å². The Labute approximate surface area is 165 Å². The molecule has 4 rings (SSSR count). The third kappa shape index (κ3) is 3.94. The van der Waals surface area contributed by atoms with Crippen molar-refractivity contribution in [2.75, 3.05) is 0 Å². The second kappa shape index (κ2) is 8.06. The van der Waals surface area contributed by atoms with E-state index in [9.17, 15) is 9.70 Å². The van der Waals surface area contributed by atoms with Gasteiger partial charge in [0.25, 0.3) is 5.91 Å². The van der Waals surface area contributed by atoms with Crippen molar-refractivity contribution in [3.05, 3.63) is 94.1 Å². The van der Waals surface area contributed by atoms with Gasteiger partial charge in [0.15, 0.2) is 5.17 Å².